The fourth-order valence-corrected chi connectivity index (χ4v) is 3.27. The molecular weight excluding hydrogens is 409 g/mol. The highest BCUT2D eigenvalue weighted by Gasteiger charge is 2.26. The van der Waals surface area contributed by atoms with E-state index in [0.29, 0.717) is 21.6 Å². The molecule has 1 amide bonds. The number of carbonyl (C=O) groups is 1. The van der Waals surface area contributed by atoms with Crippen LogP contribution in [0.15, 0.2) is 53.5 Å². The number of hydrogen-bond acceptors (Lipinski definition) is 4. The number of carbonyl (C=O) groups excluding carboxylic acids is 1. The van der Waals surface area contributed by atoms with Gasteiger partial charge in [-0.15, -0.1) is 0 Å². The molecule has 0 saturated carbocycles. The van der Waals surface area contributed by atoms with Gasteiger partial charge >= 0.3 is 0 Å². The lowest BCUT2D eigenvalue weighted by Gasteiger charge is -2.24. The minimum absolute atomic E-state index is 0.0977. The summed E-state index contributed by atoms with van der Waals surface area (Å²) in [6.45, 7) is 6.01. The highest BCUT2D eigenvalue weighted by atomic mass is 35.5. The predicted molar refractivity (Wildman–Crippen MR) is 118 cm³/mol. The van der Waals surface area contributed by atoms with Crippen molar-refractivity contribution < 1.29 is 4.79 Å². The van der Waals surface area contributed by atoms with Gasteiger partial charge in [0.25, 0.3) is 5.91 Å². The molecule has 0 aromatic heterocycles. The van der Waals surface area contributed by atoms with Crippen molar-refractivity contribution in [2.45, 2.75) is 44.9 Å². The van der Waals surface area contributed by atoms with Crippen molar-refractivity contribution in [3.05, 3.63) is 69.7 Å². The molecule has 1 saturated heterocycles. The summed E-state index contributed by atoms with van der Waals surface area (Å²) in [6.07, 6.45) is 0.518. The van der Waals surface area contributed by atoms with Crippen LogP contribution in [0, 0.1) is 0 Å². The van der Waals surface area contributed by atoms with Gasteiger partial charge in [0.05, 0.1) is 0 Å². The van der Waals surface area contributed by atoms with E-state index in [2.05, 4.69) is 26.5 Å². The SMILES string of the molecule is CC(C)(C)NC(=NC1CC(c2ccc(Cl)cc2)NN1)NC(=O)c1cccc(Cl)c1. The Morgan fingerprint density at radius 3 is 2.45 bits per heavy atom. The third-order valence-electron chi connectivity index (χ3n) is 4.25. The fraction of sp³-hybridized carbons (Fsp3) is 0.333. The number of nitrogens with one attached hydrogen (secondary N) is 4. The zero-order chi connectivity index (χ0) is 21.0. The maximum atomic E-state index is 12.6. The Bertz CT molecular complexity index is 893. The van der Waals surface area contributed by atoms with E-state index in [1.54, 1.807) is 24.3 Å². The smallest absolute Gasteiger partial charge is 0.257 e. The van der Waals surface area contributed by atoms with E-state index in [1.165, 1.54) is 0 Å². The van der Waals surface area contributed by atoms with Gasteiger partial charge in [0.15, 0.2) is 5.96 Å². The molecule has 1 heterocycles. The van der Waals surface area contributed by atoms with Crippen molar-refractivity contribution in [3.63, 3.8) is 0 Å². The highest BCUT2D eigenvalue weighted by molar-refractivity contribution is 6.31. The van der Waals surface area contributed by atoms with Gasteiger partial charge < -0.3 is 5.32 Å². The Morgan fingerprint density at radius 2 is 1.79 bits per heavy atom. The molecule has 3 rings (SSSR count). The van der Waals surface area contributed by atoms with Crippen molar-refractivity contribution in [2.75, 3.05) is 0 Å². The molecule has 0 spiro atoms. The quantitative estimate of drug-likeness (QED) is 0.435. The first-order valence-corrected chi connectivity index (χ1v) is 10.1. The second kappa shape index (κ2) is 9.13. The van der Waals surface area contributed by atoms with E-state index in [0.717, 1.165) is 12.0 Å². The van der Waals surface area contributed by atoms with Crippen LogP contribution in [-0.2, 0) is 0 Å². The molecule has 4 N–H and O–H groups in total. The number of benzene rings is 2. The average molecular weight is 434 g/mol. The van der Waals surface area contributed by atoms with E-state index >= 15 is 0 Å². The number of nitrogens with zero attached hydrogens (tertiary/aromatic N) is 1. The maximum Gasteiger partial charge on any atom is 0.257 e. The summed E-state index contributed by atoms with van der Waals surface area (Å²) in [4.78, 5) is 17.3. The van der Waals surface area contributed by atoms with E-state index in [1.807, 2.05) is 45.0 Å². The van der Waals surface area contributed by atoms with Gasteiger partial charge in [0.2, 0.25) is 0 Å². The monoisotopic (exact) mass is 433 g/mol. The number of halogens is 2. The van der Waals surface area contributed by atoms with Crippen LogP contribution in [0.4, 0.5) is 0 Å². The van der Waals surface area contributed by atoms with Crippen molar-refractivity contribution in [1.82, 2.24) is 21.5 Å². The summed E-state index contributed by atoms with van der Waals surface area (Å²) in [5, 5.41) is 7.33. The van der Waals surface area contributed by atoms with Crippen molar-refractivity contribution in [1.29, 1.82) is 0 Å². The lowest BCUT2D eigenvalue weighted by Crippen LogP contribution is -2.50. The molecule has 1 aliphatic rings. The minimum atomic E-state index is -0.276. The van der Waals surface area contributed by atoms with Crippen molar-refractivity contribution in [3.8, 4) is 0 Å². The number of hydrogen-bond donors (Lipinski definition) is 4. The summed E-state index contributed by atoms with van der Waals surface area (Å²) in [5.74, 6) is 0.127. The second-order valence-electron chi connectivity index (χ2n) is 7.96. The molecule has 2 aromatic rings. The molecule has 0 aliphatic carbocycles. The van der Waals surface area contributed by atoms with E-state index in [-0.39, 0.29) is 23.7 Å². The Labute approximate surface area is 181 Å². The van der Waals surface area contributed by atoms with Crippen molar-refractivity contribution >= 4 is 35.1 Å². The van der Waals surface area contributed by atoms with E-state index < -0.39 is 0 Å². The van der Waals surface area contributed by atoms with E-state index in [9.17, 15) is 4.79 Å². The molecule has 6 nitrogen and oxygen atoms in total. The van der Waals surface area contributed by atoms with Crippen LogP contribution in [0.1, 0.15) is 49.2 Å². The van der Waals surface area contributed by atoms with Crippen LogP contribution >= 0.6 is 23.2 Å². The first kappa shape index (κ1) is 21.6. The first-order valence-electron chi connectivity index (χ1n) is 9.39. The molecule has 29 heavy (non-hydrogen) atoms. The minimum Gasteiger partial charge on any atom is -0.351 e. The van der Waals surface area contributed by atoms with Crippen LogP contribution in [0.2, 0.25) is 10.0 Å². The normalized spacial score (nSPS) is 19.8. The Morgan fingerprint density at radius 1 is 1.07 bits per heavy atom. The summed E-state index contributed by atoms with van der Waals surface area (Å²) in [6, 6.07) is 14.6. The van der Waals surface area contributed by atoms with Gasteiger partial charge in [0, 0.05) is 33.6 Å². The summed E-state index contributed by atoms with van der Waals surface area (Å²) in [7, 11) is 0. The second-order valence-corrected chi connectivity index (χ2v) is 8.83. The van der Waals surface area contributed by atoms with Gasteiger partial charge in [0.1, 0.15) is 6.17 Å². The maximum absolute atomic E-state index is 12.6. The third kappa shape index (κ3) is 6.44. The number of guanidine groups is 1. The zero-order valence-electron chi connectivity index (χ0n) is 16.6. The Balaban J connectivity index is 1.73. The molecule has 1 aliphatic heterocycles. The Kier molecular flexibility index (Phi) is 6.80. The lowest BCUT2D eigenvalue weighted by molar-refractivity contribution is 0.0975. The van der Waals surface area contributed by atoms with Gasteiger partial charge in [-0.05, 0) is 56.7 Å². The topological polar surface area (TPSA) is 77.6 Å². The molecule has 0 bridgehead atoms. The standard InChI is InChI=1S/C21H25Cl2N5O/c1-21(2,3)26-20(25-19(29)14-5-4-6-16(23)11-14)24-18-12-17(27-28-18)13-7-9-15(22)10-8-13/h4-11,17-18,27-28H,12H2,1-3H3,(H2,24,25,26,29). The zero-order valence-corrected chi connectivity index (χ0v) is 18.1. The van der Waals surface area contributed by atoms with Crippen LogP contribution in [-0.4, -0.2) is 23.6 Å². The first-order chi connectivity index (χ1) is 13.7. The molecule has 2 atom stereocenters. The predicted octanol–water partition coefficient (Wildman–Crippen LogP) is 4.03. The van der Waals surface area contributed by atoms with Crippen molar-refractivity contribution in [2.24, 2.45) is 4.99 Å². The summed E-state index contributed by atoms with van der Waals surface area (Å²) < 4.78 is 0. The molecule has 1 fully saturated rings. The number of rotatable bonds is 3. The van der Waals surface area contributed by atoms with Gasteiger partial charge in [-0.1, -0.05) is 41.4 Å². The summed E-state index contributed by atoms with van der Waals surface area (Å²) in [5.41, 5.74) is 7.73. The largest absolute Gasteiger partial charge is 0.351 e. The highest BCUT2D eigenvalue weighted by Crippen LogP contribution is 2.24. The molecule has 0 radical (unpaired) electrons. The summed E-state index contributed by atoms with van der Waals surface area (Å²) >= 11 is 12.0. The fourth-order valence-electron chi connectivity index (χ4n) is 2.95. The number of aliphatic imine (C=N–C) groups is 1. The molecule has 2 unspecified atom stereocenters. The van der Waals surface area contributed by atoms with Gasteiger partial charge in [-0.3, -0.25) is 10.1 Å². The van der Waals surface area contributed by atoms with Gasteiger partial charge in [-0.25, -0.2) is 15.8 Å². The number of amides is 1. The molecular formula is C21H25Cl2N5O. The van der Waals surface area contributed by atoms with Gasteiger partial charge in [-0.2, -0.15) is 0 Å². The third-order valence-corrected chi connectivity index (χ3v) is 4.74. The molecule has 154 valence electrons. The molecule has 2 aromatic carbocycles. The van der Waals surface area contributed by atoms with Crippen LogP contribution in [0.3, 0.4) is 0 Å². The number of hydrazine groups is 1. The average Bonchev–Trinajstić information content (AvgIpc) is 3.09. The molecule has 8 heteroatoms. The van der Waals surface area contributed by atoms with Crippen LogP contribution in [0.5, 0.6) is 0 Å². The van der Waals surface area contributed by atoms with Crippen LogP contribution in [0.25, 0.3) is 0 Å². The van der Waals surface area contributed by atoms with E-state index in [4.69, 9.17) is 23.2 Å². The lowest BCUT2D eigenvalue weighted by atomic mass is 10.0. The van der Waals surface area contributed by atoms with Crippen LogP contribution < -0.4 is 21.5 Å². The Hall–Kier alpha value is -2.12.